The smallest absolute Gasteiger partial charge is 0.294 e. The zero-order valence-electron chi connectivity index (χ0n) is 23.5. The van der Waals surface area contributed by atoms with Crippen LogP contribution in [0.1, 0.15) is 29.2 Å². The number of hydrogen-bond acceptors (Lipinski definition) is 6. The molecule has 0 spiro atoms. The zero-order chi connectivity index (χ0) is 29.9. The zero-order valence-corrected chi connectivity index (χ0v) is 25.9. The van der Waals surface area contributed by atoms with Crippen LogP contribution in [0.2, 0.25) is 0 Å². The summed E-state index contributed by atoms with van der Waals surface area (Å²) in [6.07, 6.45) is 2.40. The van der Waals surface area contributed by atoms with Crippen molar-refractivity contribution in [2.75, 3.05) is 19.7 Å². The van der Waals surface area contributed by atoms with E-state index in [1.807, 2.05) is 49.4 Å². The molecule has 4 aromatic rings. The van der Waals surface area contributed by atoms with Crippen molar-refractivity contribution < 1.29 is 23.9 Å². The maximum atomic E-state index is 13.2. The lowest BCUT2D eigenvalue weighted by Gasteiger charge is -2.29. The van der Waals surface area contributed by atoms with Crippen molar-refractivity contribution in [2.24, 2.45) is 0 Å². The summed E-state index contributed by atoms with van der Waals surface area (Å²) in [5, 5.41) is 1.85. The Morgan fingerprint density at radius 2 is 1.72 bits per heavy atom. The van der Waals surface area contributed by atoms with Gasteiger partial charge in [-0.1, -0.05) is 60.7 Å². The van der Waals surface area contributed by atoms with Crippen LogP contribution < -0.4 is 9.47 Å². The van der Waals surface area contributed by atoms with Crippen LogP contribution in [0.4, 0.5) is 4.79 Å². The van der Waals surface area contributed by atoms with Crippen molar-refractivity contribution in [3.05, 3.63) is 110 Å². The monoisotopic (exact) mass is 656 g/mol. The minimum Gasteiger partial charge on any atom is -0.490 e. The van der Waals surface area contributed by atoms with Gasteiger partial charge in [0.05, 0.1) is 16.0 Å². The number of benzene rings is 4. The average Bonchev–Trinajstić information content (AvgIpc) is 3.27. The molecule has 2 aliphatic rings. The molecule has 0 aromatic heterocycles. The first-order chi connectivity index (χ1) is 20.9. The number of halogens is 1. The molecule has 2 heterocycles. The molecule has 3 amide bonds. The summed E-state index contributed by atoms with van der Waals surface area (Å²) in [6, 6.07) is 26.0. The van der Waals surface area contributed by atoms with Crippen LogP contribution >= 0.6 is 27.7 Å². The van der Waals surface area contributed by atoms with Crippen LogP contribution in [0, 0.1) is 0 Å². The molecule has 1 fully saturated rings. The number of hydrogen-bond donors (Lipinski definition) is 0. The molecule has 0 aliphatic carbocycles. The van der Waals surface area contributed by atoms with Gasteiger partial charge in [0.25, 0.3) is 11.1 Å². The van der Waals surface area contributed by atoms with Gasteiger partial charge in [-0.25, -0.2) is 0 Å². The molecular weight excluding hydrogens is 628 g/mol. The minimum atomic E-state index is -0.480. The van der Waals surface area contributed by atoms with Gasteiger partial charge in [-0.3, -0.25) is 19.3 Å². The molecule has 0 N–H and O–H groups in total. The van der Waals surface area contributed by atoms with Gasteiger partial charge >= 0.3 is 0 Å². The van der Waals surface area contributed by atoms with Crippen LogP contribution in [0.5, 0.6) is 11.5 Å². The molecule has 7 nitrogen and oxygen atoms in total. The van der Waals surface area contributed by atoms with E-state index >= 15 is 0 Å². The highest BCUT2D eigenvalue weighted by Crippen LogP contribution is 2.40. The van der Waals surface area contributed by atoms with Crippen molar-refractivity contribution in [3.8, 4) is 11.5 Å². The molecule has 0 atom stereocenters. The van der Waals surface area contributed by atoms with Crippen molar-refractivity contribution in [3.63, 3.8) is 0 Å². The van der Waals surface area contributed by atoms with Crippen LogP contribution in [0.15, 0.2) is 88.2 Å². The lowest BCUT2D eigenvalue weighted by atomic mass is 10.00. The second kappa shape index (κ2) is 12.7. The van der Waals surface area contributed by atoms with Gasteiger partial charge in [0.15, 0.2) is 11.5 Å². The van der Waals surface area contributed by atoms with Crippen molar-refractivity contribution in [1.82, 2.24) is 9.80 Å². The fraction of sp³-hybridized carbons (Fsp3) is 0.206. The van der Waals surface area contributed by atoms with E-state index in [4.69, 9.17) is 9.47 Å². The fourth-order valence-electron chi connectivity index (χ4n) is 5.29. The third-order valence-corrected chi connectivity index (χ3v) is 8.97. The second-order valence-electron chi connectivity index (χ2n) is 10.3. The first-order valence-corrected chi connectivity index (χ1v) is 15.7. The van der Waals surface area contributed by atoms with Crippen molar-refractivity contribution in [2.45, 2.75) is 26.5 Å². The number of rotatable bonds is 8. The van der Waals surface area contributed by atoms with E-state index in [2.05, 4.69) is 46.3 Å². The summed E-state index contributed by atoms with van der Waals surface area (Å²) in [5.74, 6) is 0.344. The molecule has 0 radical (unpaired) electrons. The van der Waals surface area contributed by atoms with Gasteiger partial charge in [0, 0.05) is 13.1 Å². The summed E-state index contributed by atoms with van der Waals surface area (Å²) >= 11 is 4.44. The Kier molecular flexibility index (Phi) is 8.54. The third-order valence-electron chi connectivity index (χ3n) is 7.48. The number of carbonyl (C=O) groups excluding carboxylic acids is 3. The molecule has 43 heavy (non-hydrogen) atoms. The largest absolute Gasteiger partial charge is 0.490 e. The lowest BCUT2D eigenvalue weighted by Crippen LogP contribution is -2.44. The van der Waals surface area contributed by atoms with E-state index in [9.17, 15) is 14.4 Å². The highest BCUT2D eigenvalue weighted by molar-refractivity contribution is 9.10. The highest BCUT2D eigenvalue weighted by Gasteiger charge is 2.37. The van der Waals surface area contributed by atoms with Crippen LogP contribution in [0.3, 0.4) is 0 Å². The molecular formula is C34H29BrN2O5S. The Hall–Kier alpha value is -4.08. The number of amides is 3. The molecule has 2 aliphatic heterocycles. The van der Waals surface area contributed by atoms with Gasteiger partial charge in [0.1, 0.15) is 13.2 Å². The number of thioether (sulfide) groups is 1. The summed E-state index contributed by atoms with van der Waals surface area (Å²) < 4.78 is 12.7. The predicted octanol–water partition coefficient (Wildman–Crippen LogP) is 7.20. The second-order valence-corrected chi connectivity index (χ2v) is 12.2. The quantitative estimate of drug-likeness (QED) is 0.187. The Morgan fingerprint density at radius 1 is 0.953 bits per heavy atom. The van der Waals surface area contributed by atoms with E-state index in [-0.39, 0.29) is 17.4 Å². The summed E-state index contributed by atoms with van der Waals surface area (Å²) in [4.78, 5) is 42.1. The van der Waals surface area contributed by atoms with Gasteiger partial charge in [0.2, 0.25) is 5.91 Å². The average molecular weight is 658 g/mol. The van der Waals surface area contributed by atoms with E-state index in [0.717, 1.165) is 45.0 Å². The summed E-state index contributed by atoms with van der Waals surface area (Å²) in [7, 11) is 0. The number of fused-ring (bicyclic) bond motifs is 2. The molecule has 0 bridgehead atoms. The first kappa shape index (κ1) is 29.0. The summed E-state index contributed by atoms with van der Waals surface area (Å²) in [5.41, 5.74) is 4.01. The fourth-order valence-corrected chi connectivity index (χ4v) is 6.70. The molecule has 6 rings (SSSR count). The highest BCUT2D eigenvalue weighted by atomic mass is 79.9. The number of ether oxygens (including phenoxy) is 2. The van der Waals surface area contributed by atoms with E-state index < -0.39 is 11.1 Å². The molecule has 0 unspecified atom stereocenters. The first-order valence-electron chi connectivity index (χ1n) is 14.1. The van der Waals surface area contributed by atoms with Gasteiger partial charge in [-0.15, -0.1) is 0 Å². The van der Waals surface area contributed by atoms with Gasteiger partial charge in [-0.2, -0.15) is 0 Å². The van der Waals surface area contributed by atoms with Crippen molar-refractivity contribution >= 4 is 61.6 Å². The molecule has 4 aromatic carbocycles. The van der Waals surface area contributed by atoms with Crippen LogP contribution in [-0.2, 0) is 29.2 Å². The van der Waals surface area contributed by atoms with Crippen molar-refractivity contribution in [1.29, 1.82) is 0 Å². The van der Waals surface area contributed by atoms with E-state index in [1.54, 1.807) is 17.0 Å². The molecule has 9 heteroatoms. The maximum Gasteiger partial charge on any atom is 0.294 e. The SMILES string of the molecule is CCOc1cc(/C=C2\SC(=O)N(CC(=O)N3CCc4ccccc4C3)C2=O)cc(Br)c1OCc1ccc2ccccc2c1. The molecule has 1 saturated heterocycles. The van der Waals surface area contributed by atoms with Gasteiger partial charge < -0.3 is 14.4 Å². The maximum absolute atomic E-state index is 13.2. The Labute approximate surface area is 262 Å². The summed E-state index contributed by atoms with van der Waals surface area (Å²) in [6.45, 7) is 3.41. The van der Waals surface area contributed by atoms with E-state index in [1.165, 1.54) is 5.56 Å². The molecule has 218 valence electrons. The van der Waals surface area contributed by atoms with Gasteiger partial charge in [-0.05, 0) is 98.3 Å². The lowest BCUT2D eigenvalue weighted by molar-refractivity contribution is -0.136. The normalized spacial score (nSPS) is 15.7. The Bertz CT molecular complexity index is 1770. The Balaban J connectivity index is 1.16. The standard InChI is InChI=1S/C34H29BrN2O5S/c1-2-41-29-17-23(16-28(35)32(29)42-21-22-11-12-24-7-3-5-9-26(24)15-22)18-30-33(39)37(34(40)43-30)20-31(38)36-14-13-25-8-4-6-10-27(25)19-36/h3-12,15-18H,2,13-14,19-21H2,1H3/b30-18-. The Morgan fingerprint density at radius 3 is 2.53 bits per heavy atom. The predicted molar refractivity (Wildman–Crippen MR) is 172 cm³/mol. The number of imide groups is 1. The van der Waals surface area contributed by atoms with Crippen LogP contribution in [-0.4, -0.2) is 46.5 Å². The minimum absolute atomic E-state index is 0.243. The van der Waals surface area contributed by atoms with E-state index in [0.29, 0.717) is 47.8 Å². The third kappa shape index (κ3) is 6.33. The topological polar surface area (TPSA) is 76.2 Å². The number of nitrogens with zero attached hydrogens (tertiary/aromatic N) is 2. The van der Waals surface area contributed by atoms with Crippen LogP contribution in [0.25, 0.3) is 16.8 Å². The number of carbonyl (C=O) groups is 3. The molecule has 0 saturated carbocycles.